The van der Waals surface area contributed by atoms with E-state index in [4.69, 9.17) is 0 Å². The van der Waals surface area contributed by atoms with E-state index < -0.39 is 0 Å². The molecule has 1 aromatic carbocycles. The van der Waals surface area contributed by atoms with Crippen LogP contribution in [0.3, 0.4) is 0 Å². The van der Waals surface area contributed by atoms with Gasteiger partial charge in [0.15, 0.2) is 0 Å². The zero-order valence-corrected chi connectivity index (χ0v) is 16.7. The van der Waals surface area contributed by atoms with Crippen LogP contribution < -0.4 is 10.6 Å². The Labute approximate surface area is 163 Å². The third-order valence-electron chi connectivity index (χ3n) is 5.12. The van der Waals surface area contributed by atoms with E-state index in [0.29, 0.717) is 13.0 Å². The highest BCUT2D eigenvalue weighted by molar-refractivity contribution is 5.91. The topological polar surface area (TPSA) is 61.4 Å². The Morgan fingerprint density at radius 3 is 2.52 bits per heavy atom. The molecule has 0 aliphatic carbocycles. The summed E-state index contributed by atoms with van der Waals surface area (Å²) in [5.41, 5.74) is 0.800. The van der Waals surface area contributed by atoms with Crippen LogP contribution in [0.2, 0.25) is 0 Å². The molecule has 1 heterocycles. The second kappa shape index (κ2) is 12.5. The Morgan fingerprint density at radius 2 is 1.81 bits per heavy atom. The standard InChI is InChI=1S/C22H35N3O2/c1-2-3-4-5-6-10-17-25(22(27)20-14-11-16-23-20)18-15-21(26)24-19-12-8-7-9-13-19/h7-9,12-13,20,23H,2-6,10-11,14-18H2,1H3,(H,24,26). The number of rotatable bonds is 12. The summed E-state index contributed by atoms with van der Waals surface area (Å²) < 4.78 is 0. The lowest BCUT2D eigenvalue weighted by Crippen LogP contribution is -2.45. The first-order valence-electron chi connectivity index (χ1n) is 10.6. The Hall–Kier alpha value is -1.88. The average Bonchev–Trinajstić information content (AvgIpc) is 3.22. The Bertz CT molecular complexity index is 556. The Balaban J connectivity index is 1.79. The molecule has 0 aromatic heterocycles. The van der Waals surface area contributed by atoms with Crippen molar-refractivity contribution in [2.45, 2.75) is 70.8 Å². The van der Waals surface area contributed by atoms with Gasteiger partial charge in [-0.1, -0.05) is 57.2 Å². The third kappa shape index (κ3) is 8.12. The van der Waals surface area contributed by atoms with E-state index in [-0.39, 0.29) is 17.9 Å². The molecule has 0 saturated carbocycles. The normalized spacial score (nSPS) is 16.3. The maximum atomic E-state index is 12.8. The van der Waals surface area contributed by atoms with Crippen LogP contribution in [0.25, 0.3) is 0 Å². The van der Waals surface area contributed by atoms with Gasteiger partial charge in [0.2, 0.25) is 11.8 Å². The van der Waals surface area contributed by atoms with Gasteiger partial charge in [-0.3, -0.25) is 9.59 Å². The van der Waals surface area contributed by atoms with Gasteiger partial charge in [0.1, 0.15) is 0 Å². The summed E-state index contributed by atoms with van der Waals surface area (Å²) in [6.07, 6.45) is 9.49. The number of anilines is 1. The number of amides is 2. The number of carbonyl (C=O) groups is 2. The molecule has 150 valence electrons. The number of carbonyl (C=O) groups excluding carboxylic acids is 2. The molecule has 1 saturated heterocycles. The van der Waals surface area contributed by atoms with Crippen molar-refractivity contribution in [1.82, 2.24) is 10.2 Å². The Kier molecular flexibility index (Phi) is 9.91. The van der Waals surface area contributed by atoms with Crippen LogP contribution >= 0.6 is 0 Å². The molecular weight excluding hydrogens is 338 g/mol. The predicted octanol–water partition coefficient (Wildman–Crippen LogP) is 3.96. The first-order chi connectivity index (χ1) is 13.2. The minimum atomic E-state index is -0.0673. The fourth-order valence-corrected chi connectivity index (χ4v) is 3.51. The van der Waals surface area contributed by atoms with E-state index in [2.05, 4.69) is 17.6 Å². The fourth-order valence-electron chi connectivity index (χ4n) is 3.51. The minimum Gasteiger partial charge on any atom is -0.341 e. The molecule has 27 heavy (non-hydrogen) atoms. The van der Waals surface area contributed by atoms with Crippen molar-refractivity contribution in [3.8, 4) is 0 Å². The molecule has 2 N–H and O–H groups in total. The molecule has 2 rings (SSSR count). The van der Waals surface area contributed by atoms with E-state index in [0.717, 1.165) is 44.5 Å². The minimum absolute atomic E-state index is 0.0404. The number of unbranched alkanes of at least 4 members (excludes halogenated alkanes) is 5. The maximum absolute atomic E-state index is 12.8. The highest BCUT2D eigenvalue weighted by Crippen LogP contribution is 2.12. The highest BCUT2D eigenvalue weighted by Gasteiger charge is 2.26. The molecule has 1 atom stereocenters. The summed E-state index contributed by atoms with van der Waals surface area (Å²) in [5.74, 6) is 0.120. The van der Waals surface area contributed by atoms with Gasteiger partial charge in [0.05, 0.1) is 6.04 Å². The van der Waals surface area contributed by atoms with Crippen LogP contribution in [0.15, 0.2) is 30.3 Å². The van der Waals surface area contributed by atoms with Gasteiger partial charge in [-0.25, -0.2) is 0 Å². The molecule has 1 aliphatic heterocycles. The van der Waals surface area contributed by atoms with Crippen molar-refractivity contribution < 1.29 is 9.59 Å². The van der Waals surface area contributed by atoms with Crippen molar-refractivity contribution in [2.75, 3.05) is 25.0 Å². The SMILES string of the molecule is CCCCCCCCN(CCC(=O)Nc1ccccc1)C(=O)C1CCCN1. The van der Waals surface area contributed by atoms with E-state index >= 15 is 0 Å². The van der Waals surface area contributed by atoms with Crippen molar-refractivity contribution >= 4 is 17.5 Å². The van der Waals surface area contributed by atoms with Gasteiger partial charge in [-0.2, -0.15) is 0 Å². The molecule has 0 bridgehead atoms. The second-order valence-electron chi connectivity index (χ2n) is 7.41. The number of hydrogen-bond acceptors (Lipinski definition) is 3. The monoisotopic (exact) mass is 373 g/mol. The molecular formula is C22H35N3O2. The molecule has 1 aliphatic rings. The quantitative estimate of drug-likeness (QED) is 0.545. The second-order valence-corrected chi connectivity index (χ2v) is 7.41. The summed E-state index contributed by atoms with van der Waals surface area (Å²) >= 11 is 0. The summed E-state index contributed by atoms with van der Waals surface area (Å²) in [4.78, 5) is 27.0. The molecule has 5 nitrogen and oxygen atoms in total. The van der Waals surface area contributed by atoms with Crippen LogP contribution in [-0.4, -0.2) is 42.4 Å². The van der Waals surface area contributed by atoms with Gasteiger partial charge >= 0.3 is 0 Å². The number of para-hydroxylation sites is 1. The van der Waals surface area contributed by atoms with E-state index in [1.165, 1.54) is 25.7 Å². The average molecular weight is 374 g/mol. The Morgan fingerprint density at radius 1 is 1.07 bits per heavy atom. The van der Waals surface area contributed by atoms with Crippen LogP contribution in [-0.2, 0) is 9.59 Å². The van der Waals surface area contributed by atoms with Crippen molar-refractivity contribution in [3.05, 3.63) is 30.3 Å². The lowest BCUT2D eigenvalue weighted by molar-refractivity contribution is -0.133. The van der Waals surface area contributed by atoms with Crippen LogP contribution in [0.4, 0.5) is 5.69 Å². The molecule has 1 fully saturated rings. The fraction of sp³-hybridized carbons (Fsp3) is 0.636. The number of hydrogen-bond donors (Lipinski definition) is 2. The maximum Gasteiger partial charge on any atom is 0.239 e. The van der Waals surface area contributed by atoms with Gasteiger partial charge in [-0.05, 0) is 37.9 Å². The zero-order valence-electron chi connectivity index (χ0n) is 16.7. The number of nitrogens with one attached hydrogen (secondary N) is 2. The summed E-state index contributed by atoms with van der Waals surface area (Å²) in [5, 5.41) is 6.19. The summed E-state index contributed by atoms with van der Waals surface area (Å²) in [6.45, 7) is 4.37. The molecule has 5 heteroatoms. The molecule has 1 unspecified atom stereocenters. The predicted molar refractivity (Wildman–Crippen MR) is 111 cm³/mol. The summed E-state index contributed by atoms with van der Waals surface area (Å²) in [6, 6.07) is 9.40. The van der Waals surface area contributed by atoms with Crippen molar-refractivity contribution in [1.29, 1.82) is 0 Å². The van der Waals surface area contributed by atoms with Crippen molar-refractivity contribution in [2.24, 2.45) is 0 Å². The molecule has 1 aromatic rings. The zero-order chi connectivity index (χ0) is 19.3. The van der Waals surface area contributed by atoms with Crippen LogP contribution in [0, 0.1) is 0 Å². The number of benzene rings is 1. The molecule has 0 spiro atoms. The summed E-state index contributed by atoms with van der Waals surface area (Å²) in [7, 11) is 0. The van der Waals surface area contributed by atoms with E-state index in [1.54, 1.807) is 0 Å². The smallest absolute Gasteiger partial charge is 0.239 e. The first-order valence-corrected chi connectivity index (χ1v) is 10.6. The third-order valence-corrected chi connectivity index (χ3v) is 5.12. The largest absolute Gasteiger partial charge is 0.341 e. The van der Waals surface area contributed by atoms with Gasteiger partial charge in [0.25, 0.3) is 0 Å². The van der Waals surface area contributed by atoms with Gasteiger partial charge in [0, 0.05) is 25.2 Å². The van der Waals surface area contributed by atoms with E-state index in [9.17, 15) is 9.59 Å². The van der Waals surface area contributed by atoms with Crippen LogP contribution in [0.5, 0.6) is 0 Å². The highest BCUT2D eigenvalue weighted by atomic mass is 16.2. The lowest BCUT2D eigenvalue weighted by Gasteiger charge is -2.25. The van der Waals surface area contributed by atoms with Gasteiger partial charge < -0.3 is 15.5 Å². The van der Waals surface area contributed by atoms with Gasteiger partial charge in [-0.15, -0.1) is 0 Å². The van der Waals surface area contributed by atoms with Crippen LogP contribution in [0.1, 0.15) is 64.7 Å². The van der Waals surface area contributed by atoms with E-state index in [1.807, 2.05) is 35.2 Å². The number of nitrogens with zero attached hydrogens (tertiary/aromatic N) is 1. The first kappa shape index (κ1) is 21.4. The lowest BCUT2D eigenvalue weighted by atomic mass is 10.1. The van der Waals surface area contributed by atoms with Crippen molar-refractivity contribution in [3.63, 3.8) is 0 Å². The molecule has 0 radical (unpaired) electrons. The molecule has 2 amide bonds.